The Kier molecular flexibility index (Phi) is 4.86. The van der Waals surface area contributed by atoms with Gasteiger partial charge in [-0.05, 0) is 54.2 Å². The molecule has 0 spiro atoms. The highest BCUT2D eigenvalue weighted by Gasteiger charge is 2.41. The zero-order chi connectivity index (χ0) is 21.8. The number of carbonyl (C=O) groups is 2. The Balaban J connectivity index is 1.48. The Hall–Kier alpha value is -2.71. The lowest BCUT2D eigenvalue weighted by atomic mass is 9.91. The molecule has 0 radical (unpaired) electrons. The van der Waals surface area contributed by atoms with E-state index in [4.69, 9.17) is 0 Å². The first kappa shape index (κ1) is 20.2. The molecule has 0 aromatic heterocycles. The van der Waals surface area contributed by atoms with Gasteiger partial charge >= 0.3 is 0 Å². The molecular weight excluding hydrogens is 414 g/mol. The number of benzene rings is 2. The molecule has 0 saturated carbocycles. The molecule has 0 N–H and O–H groups in total. The predicted octanol–water partition coefficient (Wildman–Crippen LogP) is 2.12. The zero-order valence-electron chi connectivity index (χ0n) is 17.5. The summed E-state index contributed by atoms with van der Waals surface area (Å²) < 4.78 is 28.3. The van der Waals surface area contributed by atoms with Crippen molar-refractivity contribution in [2.24, 2.45) is 0 Å². The van der Waals surface area contributed by atoms with E-state index < -0.39 is 10.0 Å². The van der Waals surface area contributed by atoms with Gasteiger partial charge in [-0.15, -0.1) is 0 Å². The Morgan fingerprint density at radius 2 is 1.84 bits per heavy atom. The number of carbonyl (C=O) groups excluding carboxylic acids is 2. The average Bonchev–Trinajstić information content (AvgIpc) is 2.77. The van der Waals surface area contributed by atoms with Crippen LogP contribution >= 0.6 is 0 Å². The SMILES string of the molecule is CC(=O)N1CCCc2cc(S(=O)(=O)N3CC(=O)N4CCc5ccccc5C4C3)ccc21. The second-order valence-electron chi connectivity index (χ2n) is 8.41. The first-order valence-corrected chi connectivity index (χ1v) is 12.1. The molecular formula is C23H25N3O4S. The molecule has 3 heterocycles. The maximum atomic E-state index is 13.5. The fraction of sp³-hybridized carbons (Fsp3) is 0.391. The van der Waals surface area contributed by atoms with Gasteiger partial charge in [0.05, 0.1) is 17.5 Å². The van der Waals surface area contributed by atoms with Crippen molar-refractivity contribution in [3.05, 3.63) is 59.2 Å². The molecule has 2 aromatic rings. The van der Waals surface area contributed by atoms with Gasteiger partial charge in [-0.2, -0.15) is 4.31 Å². The molecule has 5 rings (SSSR count). The third kappa shape index (κ3) is 3.34. The van der Waals surface area contributed by atoms with Gasteiger partial charge in [0.15, 0.2) is 0 Å². The highest BCUT2D eigenvalue weighted by atomic mass is 32.2. The molecule has 31 heavy (non-hydrogen) atoms. The molecule has 162 valence electrons. The van der Waals surface area contributed by atoms with Crippen LogP contribution in [0.3, 0.4) is 0 Å². The van der Waals surface area contributed by atoms with Gasteiger partial charge < -0.3 is 9.80 Å². The Morgan fingerprint density at radius 3 is 2.65 bits per heavy atom. The summed E-state index contributed by atoms with van der Waals surface area (Å²) in [6.07, 6.45) is 2.32. The lowest BCUT2D eigenvalue weighted by Crippen LogP contribution is -2.55. The van der Waals surface area contributed by atoms with Crippen LogP contribution in [-0.4, -0.2) is 55.6 Å². The Labute approximate surface area is 182 Å². The van der Waals surface area contributed by atoms with Gasteiger partial charge in [0.2, 0.25) is 21.8 Å². The number of nitrogens with zero attached hydrogens (tertiary/aromatic N) is 3. The van der Waals surface area contributed by atoms with Crippen molar-refractivity contribution in [2.75, 3.05) is 31.1 Å². The predicted molar refractivity (Wildman–Crippen MR) is 116 cm³/mol. The summed E-state index contributed by atoms with van der Waals surface area (Å²) in [4.78, 5) is 28.5. The quantitative estimate of drug-likeness (QED) is 0.718. The van der Waals surface area contributed by atoms with Crippen molar-refractivity contribution in [1.82, 2.24) is 9.21 Å². The van der Waals surface area contributed by atoms with Crippen molar-refractivity contribution < 1.29 is 18.0 Å². The number of hydrogen-bond donors (Lipinski definition) is 0. The van der Waals surface area contributed by atoms with E-state index in [9.17, 15) is 18.0 Å². The van der Waals surface area contributed by atoms with Crippen LogP contribution in [0.15, 0.2) is 47.4 Å². The van der Waals surface area contributed by atoms with Crippen LogP contribution in [0, 0.1) is 0 Å². The largest absolute Gasteiger partial charge is 0.333 e. The van der Waals surface area contributed by atoms with Crippen LogP contribution in [0.5, 0.6) is 0 Å². The van der Waals surface area contributed by atoms with Crippen LogP contribution in [-0.2, 0) is 32.5 Å². The van der Waals surface area contributed by atoms with E-state index in [1.807, 2.05) is 23.1 Å². The third-order valence-electron chi connectivity index (χ3n) is 6.61. The maximum absolute atomic E-state index is 13.5. The van der Waals surface area contributed by atoms with Crippen molar-refractivity contribution in [3.8, 4) is 0 Å². The normalized spacial score (nSPS) is 21.3. The molecule has 2 aromatic carbocycles. The number of hydrogen-bond acceptors (Lipinski definition) is 4. The Morgan fingerprint density at radius 1 is 1.03 bits per heavy atom. The molecule has 1 saturated heterocycles. The van der Waals surface area contributed by atoms with Gasteiger partial charge in [-0.1, -0.05) is 24.3 Å². The van der Waals surface area contributed by atoms with Crippen LogP contribution < -0.4 is 4.90 Å². The fourth-order valence-corrected chi connectivity index (χ4v) is 6.49. The number of anilines is 1. The van der Waals surface area contributed by atoms with E-state index in [-0.39, 0.29) is 35.8 Å². The number of aryl methyl sites for hydroxylation is 1. The van der Waals surface area contributed by atoms with Crippen LogP contribution in [0.25, 0.3) is 0 Å². The van der Waals surface area contributed by atoms with Gasteiger partial charge in [0.25, 0.3) is 0 Å². The number of piperazine rings is 1. The second-order valence-corrected chi connectivity index (χ2v) is 10.4. The summed E-state index contributed by atoms with van der Waals surface area (Å²) in [5, 5.41) is 0. The Bertz CT molecular complexity index is 1180. The first-order valence-electron chi connectivity index (χ1n) is 10.6. The van der Waals surface area contributed by atoms with Crippen molar-refractivity contribution in [1.29, 1.82) is 0 Å². The summed E-state index contributed by atoms with van der Waals surface area (Å²) in [5.41, 5.74) is 3.84. The molecule has 0 aliphatic carbocycles. The van der Waals surface area contributed by atoms with Crippen LogP contribution in [0.2, 0.25) is 0 Å². The number of sulfonamides is 1. The molecule has 8 heteroatoms. The maximum Gasteiger partial charge on any atom is 0.243 e. The highest BCUT2D eigenvalue weighted by molar-refractivity contribution is 7.89. The van der Waals surface area contributed by atoms with Crippen molar-refractivity contribution in [3.63, 3.8) is 0 Å². The average molecular weight is 440 g/mol. The van der Waals surface area contributed by atoms with E-state index >= 15 is 0 Å². The van der Waals surface area contributed by atoms with Gasteiger partial charge in [0, 0.05) is 32.2 Å². The minimum absolute atomic E-state index is 0.0470. The minimum atomic E-state index is -3.84. The lowest BCUT2D eigenvalue weighted by Gasteiger charge is -2.44. The van der Waals surface area contributed by atoms with Crippen molar-refractivity contribution in [2.45, 2.75) is 37.1 Å². The number of rotatable bonds is 2. The third-order valence-corrected chi connectivity index (χ3v) is 8.42. The monoisotopic (exact) mass is 439 g/mol. The van der Waals surface area contributed by atoms with E-state index in [2.05, 4.69) is 6.07 Å². The molecule has 1 atom stereocenters. The molecule has 0 bridgehead atoms. The summed E-state index contributed by atoms with van der Waals surface area (Å²) in [6, 6.07) is 12.6. The first-order chi connectivity index (χ1) is 14.9. The van der Waals surface area contributed by atoms with Gasteiger partial charge in [0.1, 0.15) is 0 Å². The molecule has 1 unspecified atom stereocenters. The second kappa shape index (κ2) is 7.46. The molecule has 2 amide bonds. The van der Waals surface area contributed by atoms with Crippen LogP contribution in [0.1, 0.15) is 36.1 Å². The molecule has 7 nitrogen and oxygen atoms in total. The summed E-state index contributed by atoms with van der Waals surface area (Å²) in [7, 11) is -3.84. The topological polar surface area (TPSA) is 78.0 Å². The smallest absolute Gasteiger partial charge is 0.243 e. The van der Waals surface area contributed by atoms with E-state index in [0.29, 0.717) is 13.1 Å². The number of amides is 2. The summed E-state index contributed by atoms with van der Waals surface area (Å²) in [6.45, 7) is 2.90. The highest BCUT2D eigenvalue weighted by Crippen LogP contribution is 2.36. The minimum Gasteiger partial charge on any atom is -0.333 e. The standard InChI is InChI=1S/C23H25N3O4S/c1-16(27)25-11-4-6-18-13-19(8-9-21(18)25)31(29,30)24-14-22-20-7-3-2-5-17(20)10-12-26(22)23(28)15-24/h2-3,5,7-9,13,22H,4,6,10-12,14-15H2,1H3. The van der Waals surface area contributed by atoms with Crippen LogP contribution in [0.4, 0.5) is 5.69 Å². The van der Waals surface area contributed by atoms with E-state index in [1.165, 1.54) is 16.8 Å². The van der Waals surface area contributed by atoms with E-state index in [0.717, 1.165) is 36.1 Å². The number of fused-ring (bicyclic) bond motifs is 4. The summed E-state index contributed by atoms with van der Waals surface area (Å²) >= 11 is 0. The summed E-state index contributed by atoms with van der Waals surface area (Å²) in [5.74, 6) is -0.204. The van der Waals surface area contributed by atoms with E-state index in [1.54, 1.807) is 23.1 Å². The molecule has 1 fully saturated rings. The molecule has 3 aliphatic rings. The van der Waals surface area contributed by atoms with Crippen molar-refractivity contribution >= 4 is 27.5 Å². The fourth-order valence-electron chi connectivity index (χ4n) is 5.04. The lowest BCUT2D eigenvalue weighted by molar-refractivity contribution is -0.138. The van der Waals surface area contributed by atoms with Gasteiger partial charge in [-0.25, -0.2) is 8.42 Å². The molecule has 3 aliphatic heterocycles. The zero-order valence-corrected chi connectivity index (χ0v) is 18.3. The van der Waals surface area contributed by atoms with Gasteiger partial charge in [-0.3, -0.25) is 9.59 Å².